The Morgan fingerprint density at radius 1 is 1.19 bits per heavy atom. The van der Waals surface area contributed by atoms with Gasteiger partial charge in [0.2, 0.25) is 0 Å². The Hall–Kier alpha value is -1.15. The zero-order valence-corrected chi connectivity index (χ0v) is 10.4. The zero-order valence-electron chi connectivity index (χ0n) is 10.4. The molecule has 1 unspecified atom stereocenters. The van der Waals surface area contributed by atoms with Crippen molar-refractivity contribution in [1.82, 2.24) is 0 Å². The number of hydrogen-bond donors (Lipinski definition) is 1. The summed E-state index contributed by atoms with van der Waals surface area (Å²) in [7, 11) is 0. The Balaban J connectivity index is 3.18. The Morgan fingerprint density at radius 3 is 2.06 bits per heavy atom. The second-order valence-electron chi connectivity index (χ2n) is 5.16. The zero-order chi connectivity index (χ0) is 12.4. The topological polar surface area (TPSA) is 37.3 Å². The Labute approximate surface area is 97.3 Å². The van der Waals surface area contributed by atoms with Gasteiger partial charge in [0.05, 0.1) is 0 Å². The molecule has 0 bridgehead atoms. The normalized spacial score (nSPS) is 15.6. The molecule has 1 aromatic carbocycles. The van der Waals surface area contributed by atoms with Crippen molar-refractivity contribution >= 4 is 5.78 Å². The summed E-state index contributed by atoms with van der Waals surface area (Å²) in [5.74, 6) is -0.131. The fourth-order valence-electron chi connectivity index (χ4n) is 1.83. The smallest absolute Gasteiger partial charge is 0.174 e. The molecule has 0 saturated heterocycles. The van der Waals surface area contributed by atoms with Gasteiger partial charge in [-0.15, -0.1) is 0 Å². The highest BCUT2D eigenvalue weighted by molar-refractivity contribution is 5.92. The molecule has 2 heteroatoms. The van der Waals surface area contributed by atoms with Gasteiger partial charge < -0.3 is 5.11 Å². The van der Waals surface area contributed by atoms with E-state index in [1.165, 1.54) is 0 Å². The molecule has 0 aromatic heterocycles. The van der Waals surface area contributed by atoms with E-state index >= 15 is 0 Å². The molecule has 0 saturated carbocycles. The van der Waals surface area contributed by atoms with Crippen LogP contribution in [0.4, 0.5) is 0 Å². The molecule has 88 valence electrons. The van der Waals surface area contributed by atoms with Crippen LogP contribution in [0.25, 0.3) is 0 Å². The summed E-state index contributed by atoms with van der Waals surface area (Å²) in [4.78, 5) is 12.3. The minimum absolute atomic E-state index is 0.131. The number of hydrogen-bond acceptors (Lipinski definition) is 2. The Bertz CT molecular complexity index is 362. The lowest BCUT2D eigenvalue weighted by Crippen LogP contribution is -2.42. The quantitative estimate of drug-likeness (QED) is 0.850. The number of rotatable bonds is 3. The van der Waals surface area contributed by atoms with Gasteiger partial charge in [0, 0.05) is 5.41 Å². The second kappa shape index (κ2) is 4.38. The lowest BCUT2D eigenvalue weighted by Gasteiger charge is -2.32. The molecular weight excluding hydrogens is 200 g/mol. The maximum absolute atomic E-state index is 12.3. The molecule has 1 rings (SSSR count). The van der Waals surface area contributed by atoms with E-state index in [2.05, 4.69) is 0 Å². The number of aliphatic hydroxyl groups is 1. The van der Waals surface area contributed by atoms with Crippen molar-refractivity contribution in [3.05, 3.63) is 35.9 Å². The number of carbonyl (C=O) groups is 1. The van der Waals surface area contributed by atoms with Crippen LogP contribution in [0.3, 0.4) is 0 Å². The third-order valence-corrected chi connectivity index (χ3v) is 2.82. The van der Waals surface area contributed by atoms with Gasteiger partial charge in [-0.1, -0.05) is 58.0 Å². The first-order valence-corrected chi connectivity index (χ1v) is 5.65. The van der Waals surface area contributed by atoms with Gasteiger partial charge in [-0.2, -0.15) is 0 Å². The maximum Gasteiger partial charge on any atom is 0.174 e. The minimum atomic E-state index is -1.36. The van der Waals surface area contributed by atoms with E-state index < -0.39 is 11.0 Å². The predicted molar refractivity (Wildman–Crippen MR) is 65.1 cm³/mol. The second-order valence-corrected chi connectivity index (χ2v) is 5.16. The number of ketones is 1. The summed E-state index contributed by atoms with van der Waals surface area (Å²) in [6.45, 7) is 7.33. The van der Waals surface area contributed by atoms with Crippen LogP contribution in [0, 0.1) is 5.41 Å². The molecule has 0 heterocycles. The molecular formula is C14H20O2. The van der Waals surface area contributed by atoms with E-state index in [0.29, 0.717) is 12.0 Å². The molecule has 0 fully saturated rings. The number of Topliss-reactive ketones (excluding diaryl/α,β-unsaturated/α-hetero) is 1. The maximum atomic E-state index is 12.3. The third kappa shape index (κ3) is 2.33. The molecule has 0 radical (unpaired) electrons. The summed E-state index contributed by atoms with van der Waals surface area (Å²) < 4.78 is 0. The van der Waals surface area contributed by atoms with E-state index in [1.54, 1.807) is 12.1 Å². The first kappa shape index (κ1) is 12.9. The standard InChI is InChI=1S/C14H20O2/c1-5-14(16,12(15)13(2,3)4)11-9-7-6-8-10-11/h6-10,16H,5H2,1-4H3. The van der Waals surface area contributed by atoms with Crippen molar-refractivity contribution in [1.29, 1.82) is 0 Å². The van der Waals surface area contributed by atoms with Crippen LogP contribution in [0.2, 0.25) is 0 Å². The SMILES string of the molecule is CCC(O)(C(=O)C(C)(C)C)c1ccccc1. The van der Waals surface area contributed by atoms with E-state index in [-0.39, 0.29) is 5.78 Å². The van der Waals surface area contributed by atoms with E-state index in [1.807, 2.05) is 45.9 Å². The van der Waals surface area contributed by atoms with Crippen molar-refractivity contribution < 1.29 is 9.90 Å². The summed E-state index contributed by atoms with van der Waals surface area (Å²) in [6, 6.07) is 9.15. The highest BCUT2D eigenvalue weighted by atomic mass is 16.3. The molecule has 2 nitrogen and oxygen atoms in total. The molecule has 0 amide bonds. The van der Waals surface area contributed by atoms with Crippen molar-refractivity contribution in [3.8, 4) is 0 Å². The third-order valence-electron chi connectivity index (χ3n) is 2.82. The lowest BCUT2D eigenvalue weighted by atomic mass is 9.75. The predicted octanol–water partition coefficient (Wildman–Crippen LogP) is 2.90. The highest BCUT2D eigenvalue weighted by Gasteiger charge is 2.41. The van der Waals surface area contributed by atoms with Gasteiger partial charge in [0.25, 0.3) is 0 Å². The van der Waals surface area contributed by atoms with Crippen molar-refractivity contribution in [2.75, 3.05) is 0 Å². The van der Waals surface area contributed by atoms with Crippen LogP contribution in [-0.4, -0.2) is 10.9 Å². The monoisotopic (exact) mass is 220 g/mol. The summed E-state index contributed by atoms with van der Waals surface area (Å²) in [5, 5.41) is 10.5. The molecule has 1 atom stereocenters. The van der Waals surface area contributed by atoms with Gasteiger partial charge >= 0.3 is 0 Å². The van der Waals surface area contributed by atoms with E-state index in [0.717, 1.165) is 0 Å². The lowest BCUT2D eigenvalue weighted by molar-refractivity contribution is -0.147. The molecule has 16 heavy (non-hydrogen) atoms. The van der Waals surface area contributed by atoms with Gasteiger partial charge in [-0.25, -0.2) is 0 Å². The average molecular weight is 220 g/mol. The first-order valence-electron chi connectivity index (χ1n) is 5.65. The minimum Gasteiger partial charge on any atom is -0.377 e. The molecule has 0 spiro atoms. The molecule has 0 aliphatic carbocycles. The number of benzene rings is 1. The van der Waals surface area contributed by atoms with Gasteiger partial charge in [-0.05, 0) is 12.0 Å². The molecule has 0 aliphatic heterocycles. The molecule has 1 N–H and O–H groups in total. The van der Waals surface area contributed by atoms with Crippen LogP contribution in [-0.2, 0) is 10.4 Å². The van der Waals surface area contributed by atoms with Crippen LogP contribution in [0.1, 0.15) is 39.7 Å². The van der Waals surface area contributed by atoms with Crippen LogP contribution in [0.15, 0.2) is 30.3 Å². The van der Waals surface area contributed by atoms with Crippen LogP contribution >= 0.6 is 0 Å². The summed E-state index contributed by atoms with van der Waals surface area (Å²) >= 11 is 0. The fraction of sp³-hybridized carbons (Fsp3) is 0.500. The van der Waals surface area contributed by atoms with Gasteiger partial charge in [0.15, 0.2) is 5.78 Å². The van der Waals surface area contributed by atoms with Gasteiger partial charge in [0.1, 0.15) is 5.60 Å². The first-order chi connectivity index (χ1) is 7.32. The molecule has 1 aromatic rings. The number of carbonyl (C=O) groups excluding carboxylic acids is 1. The van der Waals surface area contributed by atoms with Crippen molar-refractivity contribution in [2.45, 2.75) is 39.7 Å². The summed E-state index contributed by atoms with van der Waals surface area (Å²) in [6.07, 6.45) is 0.396. The van der Waals surface area contributed by atoms with E-state index in [9.17, 15) is 9.90 Å². The van der Waals surface area contributed by atoms with Gasteiger partial charge in [-0.3, -0.25) is 4.79 Å². The Morgan fingerprint density at radius 2 is 1.69 bits per heavy atom. The van der Waals surface area contributed by atoms with Crippen molar-refractivity contribution in [2.24, 2.45) is 5.41 Å². The highest BCUT2D eigenvalue weighted by Crippen LogP contribution is 2.33. The Kier molecular flexibility index (Phi) is 3.54. The fourth-order valence-corrected chi connectivity index (χ4v) is 1.83. The van der Waals surface area contributed by atoms with Crippen LogP contribution in [0.5, 0.6) is 0 Å². The largest absolute Gasteiger partial charge is 0.377 e. The average Bonchev–Trinajstić information content (AvgIpc) is 2.27. The van der Waals surface area contributed by atoms with E-state index in [4.69, 9.17) is 0 Å². The molecule has 0 aliphatic rings. The van der Waals surface area contributed by atoms with Crippen LogP contribution < -0.4 is 0 Å². The summed E-state index contributed by atoms with van der Waals surface area (Å²) in [5.41, 5.74) is -1.22. The van der Waals surface area contributed by atoms with Crippen molar-refractivity contribution in [3.63, 3.8) is 0 Å².